The van der Waals surface area contributed by atoms with Crippen LogP contribution in [0.1, 0.15) is 16.9 Å². The zero-order chi connectivity index (χ0) is 42.5. The van der Waals surface area contributed by atoms with Crippen molar-refractivity contribution in [1.82, 2.24) is 0 Å². The molecule has 0 saturated heterocycles. The van der Waals surface area contributed by atoms with Crippen molar-refractivity contribution in [1.29, 1.82) is 0 Å². The first kappa shape index (κ1) is 38.3. The van der Waals surface area contributed by atoms with Gasteiger partial charge in [0.15, 0.2) is 0 Å². The molecule has 0 aliphatic carbocycles. The van der Waals surface area contributed by atoms with Crippen molar-refractivity contribution in [3.05, 3.63) is 252 Å². The molecule has 0 bridgehead atoms. The smallest absolute Gasteiger partial charge is 0.0825 e. The van der Waals surface area contributed by atoms with Crippen molar-refractivity contribution >= 4 is 100 Å². The predicted molar refractivity (Wildman–Crippen MR) is 278 cm³/mol. The highest BCUT2D eigenvalue weighted by Crippen LogP contribution is 2.54. The van der Waals surface area contributed by atoms with Crippen molar-refractivity contribution in [3.8, 4) is 10.4 Å². The summed E-state index contributed by atoms with van der Waals surface area (Å²) in [5.41, 5.74) is 9.45. The van der Waals surface area contributed by atoms with Crippen LogP contribution >= 0.6 is 23.1 Å². The fourth-order valence-electron chi connectivity index (χ4n) is 9.71. The van der Waals surface area contributed by atoms with Crippen molar-refractivity contribution < 1.29 is 0 Å². The largest absolute Gasteiger partial charge is 0.309 e. The quantitative estimate of drug-likeness (QED) is 0.143. The van der Waals surface area contributed by atoms with E-state index in [1.165, 1.54) is 75.3 Å². The summed E-state index contributed by atoms with van der Waals surface area (Å²) >= 11 is 3.84. The molecule has 10 aromatic carbocycles. The van der Waals surface area contributed by atoms with E-state index in [0.29, 0.717) is 0 Å². The average Bonchev–Trinajstić information content (AvgIpc) is 4.08. The molecule has 2 heterocycles. The highest BCUT2D eigenvalue weighted by atomic mass is 32.2. The SMILES string of the molecule is C1=CSC(c2ccc(N(c3cccc4ccccc34)c3cccc4ccccc34)cc2)(c2ccc(-c3ccc(N(c4cccc5ccccc45)c4cccc5ccccc45)cc3)s2)C1. The molecule has 64 heavy (non-hydrogen) atoms. The maximum absolute atomic E-state index is 2.44. The van der Waals surface area contributed by atoms with Gasteiger partial charge in [0.05, 0.1) is 27.5 Å². The molecule has 0 spiro atoms. The number of allylic oxidation sites excluding steroid dienone is 1. The molecule has 1 aliphatic heterocycles. The van der Waals surface area contributed by atoms with Crippen molar-refractivity contribution in [2.45, 2.75) is 11.2 Å². The van der Waals surface area contributed by atoms with E-state index in [-0.39, 0.29) is 4.75 Å². The lowest BCUT2D eigenvalue weighted by Crippen LogP contribution is -2.19. The van der Waals surface area contributed by atoms with Crippen molar-refractivity contribution in [3.63, 3.8) is 0 Å². The summed E-state index contributed by atoms with van der Waals surface area (Å²) in [5, 5.41) is 12.1. The van der Waals surface area contributed by atoms with Gasteiger partial charge in [-0.15, -0.1) is 23.1 Å². The zero-order valence-electron chi connectivity index (χ0n) is 35.0. The first-order valence-electron chi connectivity index (χ1n) is 21.9. The molecule has 11 aromatic rings. The molecule has 2 nitrogen and oxygen atoms in total. The molecule has 0 amide bonds. The molecule has 0 fully saturated rings. The van der Waals surface area contributed by atoms with Crippen LogP contribution in [0.15, 0.2) is 242 Å². The molecular formula is C60H42N2S2. The zero-order valence-corrected chi connectivity index (χ0v) is 36.6. The second-order valence-corrected chi connectivity index (χ2v) is 18.7. The fourth-order valence-corrected chi connectivity index (χ4v) is 12.2. The van der Waals surface area contributed by atoms with Gasteiger partial charge in [0, 0.05) is 42.7 Å². The number of thioether (sulfide) groups is 1. The summed E-state index contributed by atoms with van der Waals surface area (Å²) in [7, 11) is 0. The van der Waals surface area contributed by atoms with Crippen LogP contribution in [0.3, 0.4) is 0 Å². The molecule has 12 rings (SSSR count). The molecule has 1 unspecified atom stereocenters. The van der Waals surface area contributed by atoms with Gasteiger partial charge >= 0.3 is 0 Å². The van der Waals surface area contributed by atoms with Gasteiger partial charge in [0.2, 0.25) is 0 Å². The van der Waals surface area contributed by atoms with E-state index in [1.54, 1.807) is 0 Å². The number of rotatable bonds is 9. The van der Waals surface area contributed by atoms with Crippen LogP contribution in [-0.4, -0.2) is 0 Å². The number of benzene rings is 10. The Kier molecular flexibility index (Phi) is 9.62. The third kappa shape index (κ3) is 6.57. The third-order valence-electron chi connectivity index (χ3n) is 12.8. The van der Waals surface area contributed by atoms with Gasteiger partial charge in [0.25, 0.3) is 0 Å². The summed E-state index contributed by atoms with van der Waals surface area (Å²) in [4.78, 5) is 7.50. The molecular weight excluding hydrogens is 813 g/mol. The molecule has 4 heteroatoms. The van der Waals surface area contributed by atoms with Crippen LogP contribution in [0, 0.1) is 0 Å². The van der Waals surface area contributed by atoms with E-state index in [2.05, 4.69) is 252 Å². The monoisotopic (exact) mass is 854 g/mol. The van der Waals surface area contributed by atoms with Crippen molar-refractivity contribution in [2.24, 2.45) is 0 Å². The minimum Gasteiger partial charge on any atom is -0.309 e. The van der Waals surface area contributed by atoms with Crippen LogP contribution in [0.25, 0.3) is 53.5 Å². The second kappa shape index (κ2) is 16.1. The van der Waals surface area contributed by atoms with E-state index < -0.39 is 0 Å². The summed E-state index contributed by atoms with van der Waals surface area (Å²) in [6, 6.07) is 84.5. The number of hydrogen-bond acceptors (Lipinski definition) is 4. The number of thiophene rings is 1. The average molecular weight is 855 g/mol. The minimum atomic E-state index is -0.204. The minimum absolute atomic E-state index is 0.204. The lowest BCUT2D eigenvalue weighted by molar-refractivity contribution is 0.787. The molecule has 0 N–H and O–H groups in total. The van der Waals surface area contributed by atoms with Crippen LogP contribution in [0.4, 0.5) is 34.1 Å². The highest BCUT2D eigenvalue weighted by Gasteiger charge is 2.38. The van der Waals surface area contributed by atoms with Crippen molar-refractivity contribution in [2.75, 3.05) is 9.80 Å². The second-order valence-electron chi connectivity index (χ2n) is 16.4. The number of hydrogen-bond donors (Lipinski definition) is 0. The van der Waals surface area contributed by atoms with Gasteiger partial charge in [-0.05, 0) is 105 Å². The van der Waals surface area contributed by atoms with Crippen LogP contribution in [-0.2, 0) is 4.75 Å². The Labute approximate surface area is 382 Å². The summed E-state index contributed by atoms with van der Waals surface area (Å²) in [6.07, 6.45) is 3.28. The Bertz CT molecular complexity index is 3340. The molecule has 1 atom stereocenters. The van der Waals surface area contributed by atoms with E-state index in [0.717, 1.165) is 29.2 Å². The summed E-state index contributed by atoms with van der Waals surface area (Å²) < 4.78 is -0.204. The standard InChI is InChI=1S/C60H42N2S2/c1-5-22-50-42(14-1)18-9-26-54(50)61(55-27-10-19-43-15-2-6-23-51(43)55)48-34-30-46(31-35-48)58-38-39-59(64-58)60(40-13-41-63-60)47-32-36-49(37-33-47)62(56-28-11-20-44-16-3-7-24-52(44)56)57-29-12-21-45-17-4-8-25-53(45)57/h1-39,41H,40H2. The van der Waals surface area contributed by atoms with Gasteiger partial charge in [-0.3, -0.25) is 0 Å². The number of anilines is 6. The number of nitrogens with zero attached hydrogens (tertiary/aromatic N) is 2. The van der Waals surface area contributed by atoms with Crippen LogP contribution in [0.2, 0.25) is 0 Å². The van der Waals surface area contributed by atoms with E-state index in [1.807, 2.05) is 23.1 Å². The van der Waals surface area contributed by atoms with Gasteiger partial charge in [0.1, 0.15) is 0 Å². The van der Waals surface area contributed by atoms with Crippen LogP contribution in [0.5, 0.6) is 0 Å². The molecule has 304 valence electrons. The first-order chi connectivity index (χ1) is 31.7. The fraction of sp³-hybridized carbons (Fsp3) is 0.0333. The van der Waals surface area contributed by atoms with Gasteiger partial charge in [-0.2, -0.15) is 0 Å². The summed E-state index contributed by atoms with van der Waals surface area (Å²) in [5.74, 6) is 0. The maximum Gasteiger partial charge on any atom is 0.0825 e. The third-order valence-corrected chi connectivity index (χ3v) is 15.6. The maximum atomic E-state index is 2.44. The Morgan fingerprint density at radius 1 is 0.359 bits per heavy atom. The Hall–Kier alpha value is -7.37. The van der Waals surface area contributed by atoms with E-state index in [9.17, 15) is 0 Å². The lowest BCUT2D eigenvalue weighted by Gasteiger charge is -2.31. The Morgan fingerprint density at radius 2 is 0.750 bits per heavy atom. The first-order valence-corrected chi connectivity index (χ1v) is 23.6. The molecule has 0 radical (unpaired) electrons. The van der Waals surface area contributed by atoms with E-state index in [4.69, 9.17) is 0 Å². The van der Waals surface area contributed by atoms with Gasteiger partial charge in [-0.1, -0.05) is 176 Å². The number of fused-ring (bicyclic) bond motifs is 4. The van der Waals surface area contributed by atoms with Gasteiger partial charge < -0.3 is 9.80 Å². The predicted octanol–water partition coefficient (Wildman–Crippen LogP) is 17.9. The molecule has 0 saturated carbocycles. The van der Waals surface area contributed by atoms with Crippen LogP contribution < -0.4 is 9.80 Å². The Morgan fingerprint density at radius 3 is 1.16 bits per heavy atom. The lowest BCUT2D eigenvalue weighted by atomic mass is 9.92. The Balaban J connectivity index is 0.906. The highest BCUT2D eigenvalue weighted by molar-refractivity contribution is 8.03. The molecule has 1 aromatic heterocycles. The molecule has 1 aliphatic rings. The van der Waals surface area contributed by atoms with E-state index >= 15 is 0 Å². The normalized spacial score (nSPS) is 14.8. The summed E-state index contributed by atoms with van der Waals surface area (Å²) in [6.45, 7) is 0. The topological polar surface area (TPSA) is 6.48 Å². The van der Waals surface area contributed by atoms with Gasteiger partial charge in [-0.25, -0.2) is 0 Å².